The molecule has 0 bridgehead atoms. The molecule has 2 aromatic rings. The number of benzene rings is 1. The summed E-state index contributed by atoms with van der Waals surface area (Å²) in [7, 11) is 0. The highest BCUT2D eigenvalue weighted by Crippen LogP contribution is 2.13. The molecule has 0 amide bonds. The van der Waals surface area contributed by atoms with Gasteiger partial charge >= 0.3 is 0 Å². The third-order valence-electron chi connectivity index (χ3n) is 2.44. The van der Waals surface area contributed by atoms with Gasteiger partial charge < -0.3 is 9.73 Å². The van der Waals surface area contributed by atoms with E-state index in [1.54, 1.807) is 0 Å². The minimum atomic E-state index is 0.400. The zero-order valence-electron chi connectivity index (χ0n) is 10.5. The van der Waals surface area contributed by atoms with Gasteiger partial charge in [0.15, 0.2) is 0 Å². The maximum Gasteiger partial charge on any atom is 0.230 e. The van der Waals surface area contributed by atoms with Gasteiger partial charge in [0.2, 0.25) is 11.8 Å². The Morgan fingerprint density at radius 1 is 1.17 bits per heavy atom. The Hall–Kier alpha value is -1.39. The second-order valence-corrected chi connectivity index (χ2v) is 4.86. The summed E-state index contributed by atoms with van der Waals surface area (Å²) in [6.45, 7) is 4.75. The number of nitrogens with zero attached hydrogens (tertiary/aromatic N) is 2. The number of halogens is 1. The highest BCUT2D eigenvalue weighted by molar-refractivity contribution is 6.30. The minimum absolute atomic E-state index is 0.400. The van der Waals surface area contributed by atoms with Crippen molar-refractivity contribution in [3.8, 4) is 0 Å². The summed E-state index contributed by atoms with van der Waals surface area (Å²) < 4.78 is 5.55. The van der Waals surface area contributed by atoms with Gasteiger partial charge in [-0.05, 0) is 17.7 Å². The standard InChI is InChI=1S/C13H16ClN3O/c1-9(2)15-8-13-17-16-12(18-13)7-10-3-5-11(14)6-4-10/h3-6,9,15H,7-8H2,1-2H3. The van der Waals surface area contributed by atoms with E-state index in [1.807, 2.05) is 24.3 Å². The van der Waals surface area contributed by atoms with E-state index in [2.05, 4.69) is 29.4 Å². The van der Waals surface area contributed by atoms with Crippen molar-refractivity contribution in [3.63, 3.8) is 0 Å². The smallest absolute Gasteiger partial charge is 0.230 e. The van der Waals surface area contributed by atoms with Gasteiger partial charge in [0.05, 0.1) is 13.0 Å². The van der Waals surface area contributed by atoms with E-state index >= 15 is 0 Å². The van der Waals surface area contributed by atoms with Gasteiger partial charge in [-0.15, -0.1) is 10.2 Å². The van der Waals surface area contributed by atoms with Crippen LogP contribution in [-0.4, -0.2) is 16.2 Å². The quantitative estimate of drug-likeness (QED) is 0.903. The van der Waals surface area contributed by atoms with Crippen molar-refractivity contribution < 1.29 is 4.42 Å². The molecule has 1 heterocycles. The first-order valence-electron chi connectivity index (χ1n) is 5.92. The molecule has 0 aliphatic carbocycles. The Labute approximate surface area is 111 Å². The van der Waals surface area contributed by atoms with Gasteiger partial charge in [-0.25, -0.2) is 0 Å². The van der Waals surface area contributed by atoms with Gasteiger partial charge in [-0.2, -0.15) is 0 Å². The van der Waals surface area contributed by atoms with Crippen LogP contribution in [0, 0.1) is 0 Å². The monoisotopic (exact) mass is 265 g/mol. The first-order chi connectivity index (χ1) is 8.63. The Kier molecular flexibility index (Phi) is 4.33. The lowest BCUT2D eigenvalue weighted by Gasteiger charge is -2.03. The molecular weight excluding hydrogens is 250 g/mol. The summed E-state index contributed by atoms with van der Waals surface area (Å²) >= 11 is 5.83. The molecule has 0 aliphatic heterocycles. The molecule has 1 N–H and O–H groups in total. The topological polar surface area (TPSA) is 51.0 Å². The van der Waals surface area contributed by atoms with Crippen molar-refractivity contribution in [1.82, 2.24) is 15.5 Å². The molecule has 2 rings (SSSR count). The normalized spacial score (nSPS) is 11.1. The van der Waals surface area contributed by atoms with Crippen LogP contribution in [0.1, 0.15) is 31.2 Å². The molecule has 0 unspecified atom stereocenters. The lowest BCUT2D eigenvalue weighted by atomic mass is 10.1. The average molecular weight is 266 g/mol. The summed E-state index contributed by atoms with van der Waals surface area (Å²) in [5, 5.41) is 12.0. The third-order valence-corrected chi connectivity index (χ3v) is 2.69. The fourth-order valence-corrected chi connectivity index (χ4v) is 1.63. The number of hydrogen-bond donors (Lipinski definition) is 1. The van der Waals surface area contributed by atoms with Crippen LogP contribution in [0.15, 0.2) is 28.7 Å². The fraction of sp³-hybridized carbons (Fsp3) is 0.385. The van der Waals surface area contributed by atoms with Crippen molar-refractivity contribution in [2.24, 2.45) is 0 Å². The Morgan fingerprint density at radius 3 is 2.50 bits per heavy atom. The zero-order chi connectivity index (χ0) is 13.0. The summed E-state index contributed by atoms with van der Waals surface area (Å²) in [4.78, 5) is 0. The lowest BCUT2D eigenvalue weighted by Crippen LogP contribution is -2.21. The number of rotatable bonds is 5. The van der Waals surface area contributed by atoms with Gasteiger partial charge in [0.1, 0.15) is 0 Å². The second kappa shape index (κ2) is 5.98. The SMILES string of the molecule is CC(C)NCc1nnc(Cc2ccc(Cl)cc2)o1. The first kappa shape index (κ1) is 13.1. The van der Waals surface area contributed by atoms with Crippen molar-refractivity contribution in [2.45, 2.75) is 32.9 Å². The molecular formula is C13H16ClN3O. The summed E-state index contributed by atoms with van der Waals surface area (Å²) in [5.74, 6) is 1.24. The first-order valence-corrected chi connectivity index (χ1v) is 6.30. The van der Waals surface area contributed by atoms with Gasteiger partial charge in [0, 0.05) is 11.1 Å². The maximum absolute atomic E-state index is 5.83. The lowest BCUT2D eigenvalue weighted by molar-refractivity contribution is 0.427. The van der Waals surface area contributed by atoms with E-state index in [4.69, 9.17) is 16.0 Å². The number of aromatic nitrogens is 2. The molecule has 18 heavy (non-hydrogen) atoms. The predicted octanol–water partition coefficient (Wildman–Crippen LogP) is 2.81. The molecule has 0 aliphatic rings. The molecule has 0 fully saturated rings. The maximum atomic E-state index is 5.83. The van der Waals surface area contributed by atoms with E-state index in [0.717, 1.165) is 10.6 Å². The van der Waals surface area contributed by atoms with Crippen LogP contribution in [-0.2, 0) is 13.0 Å². The molecule has 0 atom stereocenters. The molecule has 0 saturated heterocycles. The fourth-order valence-electron chi connectivity index (χ4n) is 1.50. The number of hydrogen-bond acceptors (Lipinski definition) is 4. The van der Waals surface area contributed by atoms with Gasteiger partial charge in [-0.1, -0.05) is 37.6 Å². The van der Waals surface area contributed by atoms with Gasteiger partial charge in [-0.3, -0.25) is 0 Å². The molecule has 0 spiro atoms. The molecule has 4 nitrogen and oxygen atoms in total. The summed E-state index contributed by atoms with van der Waals surface area (Å²) in [6, 6.07) is 8.02. The molecule has 1 aromatic heterocycles. The zero-order valence-corrected chi connectivity index (χ0v) is 11.2. The van der Waals surface area contributed by atoms with Crippen molar-refractivity contribution in [1.29, 1.82) is 0 Å². The Bertz CT molecular complexity index is 493. The van der Waals surface area contributed by atoms with E-state index in [9.17, 15) is 0 Å². The van der Waals surface area contributed by atoms with Crippen LogP contribution in [0.5, 0.6) is 0 Å². The molecule has 0 radical (unpaired) electrons. The largest absolute Gasteiger partial charge is 0.424 e. The molecule has 96 valence electrons. The van der Waals surface area contributed by atoms with Crippen LogP contribution in [0.4, 0.5) is 0 Å². The predicted molar refractivity (Wildman–Crippen MR) is 70.5 cm³/mol. The van der Waals surface area contributed by atoms with Crippen LogP contribution in [0.3, 0.4) is 0 Å². The van der Waals surface area contributed by atoms with Crippen LogP contribution in [0.2, 0.25) is 5.02 Å². The second-order valence-electron chi connectivity index (χ2n) is 4.43. The van der Waals surface area contributed by atoms with Crippen LogP contribution < -0.4 is 5.32 Å². The van der Waals surface area contributed by atoms with Crippen LogP contribution >= 0.6 is 11.6 Å². The minimum Gasteiger partial charge on any atom is -0.424 e. The highest BCUT2D eigenvalue weighted by Gasteiger charge is 2.07. The van der Waals surface area contributed by atoms with E-state index in [1.165, 1.54) is 0 Å². The summed E-state index contributed by atoms with van der Waals surface area (Å²) in [6.07, 6.45) is 0.631. The molecule has 0 saturated carbocycles. The van der Waals surface area contributed by atoms with Gasteiger partial charge in [0.25, 0.3) is 0 Å². The highest BCUT2D eigenvalue weighted by atomic mass is 35.5. The third kappa shape index (κ3) is 3.82. The van der Waals surface area contributed by atoms with E-state index in [0.29, 0.717) is 30.8 Å². The average Bonchev–Trinajstić information content (AvgIpc) is 2.77. The number of nitrogens with one attached hydrogen (secondary N) is 1. The summed E-state index contributed by atoms with van der Waals surface area (Å²) in [5.41, 5.74) is 1.10. The Balaban J connectivity index is 1.95. The molecule has 5 heteroatoms. The van der Waals surface area contributed by atoms with Crippen molar-refractivity contribution in [3.05, 3.63) is 46.6 Å². The van der Waals surface area contributed by atoms with E-state index < -0.39 is 0 Å². The van der Waals surface area contributed by atoms with E-state index in [-0.39, 0.29) is 0 Å². The van der Waals surface area contributed by atoms with Crippen molar-refractivity contribution in [2.75, 3.05) is 0 Å². The van der Waals surface area contributed by atoms with Crippen molar-refractivity contribution >= 4 is 11.6 Å². The van der Waals surface area contributed by atoms with Crippen LogP contribution in [0.25, 0.3) is 0 Å². The molecule has 1 aromatic carbocycles. The Morgan fingerprint density at radius 2 is 1.83 bits per heavy atom.